The highest BCUT2D eigenvalue weighted by Gasteiger charge is 2.31. The topological polar surface area (TPSA) is 89.5 Å². The molecule has 0 radical (unpaired) electrons. The molecule has 0 aromatic heterocycles. The normalized spacial score (nSPS) is 11.4. The van der Waals surface area contributed by atoms with Gasteiger partial charge < -0.3 is 28.4 Å². The van der Waals surface area contributed by atoms with Crippen LogP contribution in [-0.2, 0) is 19.0 Å². The summed E-state index contributed by atoms with van der Waals surface area (Å²) in [5, 5.41) is 0. The molecule has 1 atom stereocenters. The number of ketones is 1. The molecule has 1 unspecified atom stereocenters. The Morgan fingerprint density at radius 2 is 1.34 bits per heavy atom. The summed E-state index contributed by atoms with van der Waals surface area (Å²) in [5.41, 5.74) is 0.696. The molecule has 0 saturated heterocycles. The van der Waals surface area contributed by atoms with Gasteiger partial charge in [-0.2, -0.15) is 0 Å². The van der Waals surface area contributed by atoms with Gasteiger partial charge >= 0.3 is 5.97 Å². The number of ether oxygens (including phenoxy) is 6. The molecule has 0 fully saturated rings. The van der Waals surface area contributed by atoms with Crippen LogP contribution in [0.3, 0.4) is 0 Å². The van der Waals surface area contributed by atoms with Crippen molar-refractivity contribution in [3.8, 4) is 17.2 Å². The molecule has 0 aliphatic carbocycles. The highest BCUT2D eigenvalue weighted by atomic mass is 16.7. The maximum atomic E-state index is 13.1. The number of methoxy groups -OCH3 is 4. The van der Waals surface area contributed by atoms with Gasteiger partial charge in [0.1, 0.15) is 23.2 Å². The SMILES string of the molecule is COCOc1cc(OCOC)cc(C(C(=O)OC)C(=O)c2ccc(OC)cc2)c1. The van der Waals surface area contributed by atoms with Gasteiger partial charge in [0, 0.05) is 25.8 Å². The summed E-state index contributed by atoms with van der Waals surface area (Å²) in [6.07, 6.45) is 0. The monoisotopic (exact) mass is 404 g/mol. The van der Waals surface area contributed by atoms with Crippen molar-refractivity contribution in [3.05, 3.63) is 53.6 Å². The third kappa shape index (κ3) is 5.94. The molecule has 0 aliphatic heterocycles. The van der Waals surface area contributed by atoms with Gasteiger partial charge in [-0.25, -0.2) is 0 Å². The summed E-state index contributed by atoms with van der Waals surface area (Å²) in [7, 11) is 5.72. The number of rotatable bonds is 11. The highest BCUT2D eigenvalue weighted by molar-refractivity contribution is 6.13. The van der Waals surface area contributed by atoms with Gasteiger partial charge in [0.2, 0.25) is 0 Å². The molecule has 0 aliphatic rings. The van der Waals surface area contributed by atoms with Gasteiger partial charge in [-0.3, -0.25) is 9.59 Å². The smallest absolute Gasteiger partial charge is 0.321 e. The molecule has 29 heavy (non-hydrogen) atoms. The molecule has 0 bridgehead atoms. The van der Waals surface area contributed by atoms with E-state index >= 15 is 0 Å². The lowest BCUT2D eigenvalue weighted by Crippen LogP contribution is -2.23. The molecule has 2 aromatic rings. The molecule has 2 rings (SSSR count). The van der Waals surface area contributed by atoms with E-state index in [2.05, 4.69) is 0 Å². The number of benzene rings is 2. The van der Waals surface area contributed by atoms with E-state index in [-0.39, 0.29) is 13.6 Å². The van der Waals surface area contributed by atoms with Crippen LogP contribution in [0.1, 0.15) is 21.8 Å². The van der Waals surface area contributed by atoms with Crippen molar-refractivity contribution in [1.29, 1.82) is 0 Å². The van der Waals surface area contributed by atoms with E-state index < -0.39 is 17.7 Å². The van der Waals surface area contributed by atoms with E-state index in [0.717, 1.165) is 0 Å². The Balaban J connectivity index is 2.45. The van der Waals surface area contributed by atoms with Crippen molar-refractivity contribution >= 4 is 11.8 Å². The summed E-state index contributed by atoms with van der Waals surface area (Å²) < 4.78 is 30.8. The van der Waals surface area contributed by atoms with E-state index in [1.807, 2.05) is 0 Å². The van der Waals surface area contributed by atoms with E-state index in [0.29, 0.717) is 28.4 Å². The maximum Gasteiger partial charge on any atom is 0.321 e. The number of carbonyl (C=O) groups excluding carboxylic acids is 2. The number of Topliss-reactive ketones (excluding diaryl/α,β-unsaturated/α-hetero) is 1. The summed E-state index contributed by atoms with van der Waals surface area (Å²) in [5.74, 6) is -1.00. The zero-order chi connectivity index (χ0) is 21.2. The lowest BCUT2D eigenvalue weighted by Gasteiger charge is -2.17. The fourth-order valence-electron chi connectivity index (χ4n) is 2.62. The molecule has 0 saturated carbocycles. The van der Waals surface area contributed by atoms with Gasteiger partial charge in [-0.15, -0.1) is 0 Å². The molecule has 0 heterocycles. The van der Waals surface area contributed by atoms with Crippen LogP contribution in [0.5, 0.6) is 17.2 Å². The quantitative estimate of drug-likeness (QED) is 0.244. The Bertz CT molecular complexity index is 790. The average molecular weight is 404 g/mol. The second kappa shape index (κ2) is 11.0. The maximum absolute atomic E-state index is 13.1. The van der Waals surface area contributed by atoms with Gasteiger partial charge in [-0.1, -0.05) is 0 Å². The predicted molar refractivity (Wildman–Crippen MR) is 104 cm³/mol. The highest BCUT2D eigenvalue weighted by Crippen LogP contribution is 2.31. The van der Waals surface area contributed by atoms with Gasteiger partial charge in [0.05, 0.1) is 14.2 Å². The lowest BCUT2D eigenvalue weighted by molar-refractivity contribution is -0.141. The zero-order valence-corrected chi connectivity index (χ0v) is 16.8. The first-order chi connectivity index (χ1) is 14.0. The Labute approximate surface area is 169 Å². The second-order valence-corrected chi connectivity index (χ2v) is 5.89. The van der Waals surface area contributed by atoms with Crippen LogP contribution in [0.2, 0.25) is 0 Å². The van der Waals surface area contributed by atoms with Crippen LogP contribution in [0, 0.1) is 0 Å². The van der Waals surface area contributed by atoms with Crippen LogP contribution in [-0.4, -0.2) is 53.8 Å². The minimum absolute atomic E-state index is 0.0114. The first-order valence-corrected chi connectivity index (χ1v) is 8.68. The second-order valence-electron chi connectivity index (χ2n) is 5.89. The fourth-order valence-corrected chi connectivity index (χ4v) is 2.62. The summed E-state index contributed by atoms with van der Waals surface area (Å²) >= 11 is 0. The minimum atomic E-state index is -1.20. The van der Waals surface area contributed by atoms with Crippen LogP contribution < -0.4 is 14.2 Å². The number of esters is 1. The summed E-state index contributed by atoms with van der Waals surface area (Å²) in [6, 6.07) is 11.2. The largest absolute Gasteiger partial charge is 0.497 e. The molecule has 156 valence electrons. The van der Waals surface area contributed by atoms with Crippen molar-refractivity contribution < 1.29 is 38.0 Å². The average Bonchev–Trinajstić information content (AvgIpc) is 2.76. The third-order valence-electron chi connectivity index (χ3n) is 4.00. The fraction of sp³-hybridized carbons (Fsp3) is 0.333. The van der Waals surface area contributed by atoms with E-state index in [1.165, 1.54) is 28.4 Å². The first kappa shape index (κ1) is 22.2. The number of carbonyl (C=O) groups is 2. The molecular weight excluding hydrogens is 380 g/mol. The Morgan fingerprint density at radius 3 is 1.79 bits per heavy atom. The third-order valence-corrected chi connectivity index (χ3v) is 4.00. The molecule has 0 spiro atoms. The van der Waals surface area contributed by atoms with Crippen molar-refractivity contribution in [2.24, 2.45) is 0 Å². The van der Waals surface area contributed by atoms with Crippen molar-refractivity contribution in [3.63, 3.8) is 0 Å². The number of hydrogen-bond donors (Lipinski definition) is 0. The standard InChI is InChI=1S/C21H24O8/c1-24-12-28-17-9-15(10-18(11-17)29-13-25-2)19(21(23)27-4)20(22)14-5-7-16(26-3)8-6-14/h5-11,19H,12-13H2,1-4H3. The first-order valence-electron chi connectivity index (χ1n) is 8.68. The van der Waals surface area contributed by atoms with Crippen molar-refractivity contribution in [2.45, 2.75) is 5.92 Å². The zero-order valence-electron chi connectivity index (χ0n) is 16.8. The van der Waals surface area contributed by atoms with E-state index in [4.69, 9.17) is 28.4 Å². The molecule has 0 amide bonds. The summed E-state index contributed by atoms with van der Waals surface area (Å²) in [6.45, 7) is -0.0228. The molecule has 8 nitrogen and oxygen atoms in total. The molecular formula is C21H24O8. The van der Waals surface area contributed by atoms with Crippen LogP contribution in [0.25, 0.3) is 0 Å². The Kier molecular flexibility index (Phi) is 8.45. The molecule has 8 heteroatoms. The van der Waals surface area contributed by atoms with Gasteiger partial charge in [0.15, 0.2) is 19.4 Å². The van der Waals surface area contributed by atoms with Crippen LogP contribution in [0.15, 0.2) is 42.5 Å². The Morgan fingerprint density at radius 1 is 0.793 bits per heavy atom. The lowest BCUT2D eigenvalue weighted by atomic mass is 9.90. The Hall–Kier alpha value is -3.10. The van der Waals surface area contributed by atoms with Crippen molar-refractivity contribution in [2.75, 3.05) is 42.0 Å². The molecule has 2 aromatic carbocycles. The van der Waals surface area contributed by atoms with Crippen LogP contribution in [0.4, 0.5) is 0 Å². The van der Waals surface area contributed by atoms with Gasteiger partial charge in [0.25, 0.3) is 0 Å². The molecule has 0 N–H and O–H groups in total. The van der Waals surface area contributed by atoms with Crippen molar-refractivity contribution in [1.82, 2.24) is 0 Å². The summed E-state index contributed by atoms with van der Waals surface area (Å²) in [4.78, 5) is 25.6. The van der Waals surface area contributed by atoms with E-state index in [1.54, 1.807) is 42.5 Å². The predicted octanol–water partition coefficient (Wildman–Crippen LogP) is 2.80. The number of hydrogen-bond acceptors (Lipinski definition) is 8. The minimum Gasteiger partial charge on any atom is -0.497 e. The van der Waals surface area contributed by atoms with Gasteiger partial charge in [-0.05, 0) is 42.0 Å². The van der Waals surface area contributed by atoms with E-state index in [9.17, 15) is 9.59 Å². The van der Waals surface area contributed by atoms with Crippen LogP contribution >= 0.6 is 0 Å².